The zero-order valence-electron chi connectivity index (χ0n) is 9.61. The maximum atomic E-state index is 5.95. The molecule has 2 aromatic rings. The van der Waals surface area contributed by atoms with Crippen molar-refractivity contribution in [3.05, 3.63) is 58.1 Å². The molecule has 0 aliphatic carbocycles. The Morgan fingerprint density at radius 2 is 2.00 bits per heavy atom. The van der Waals surface area contributed by atoms with Crippen LogP contribution in [0, 0.1) is 6.92 Å². The fourth-order valence-electron chi connectivity index (χ4n) is 1.55. The van der Waals surface area contributed by atoms with Crippen molar-refractivity contribution >= 4 is 33.4 Å². The number of thioether (sulfide) groups is 1. The second-order valence-corrected chi connectivity index (χ2v) is 5.89. The first-order valence-corrected chi connectivity index (χ1v) is 7.16. The van der Waals surface area contributed by atoms with E-state index in [0.717, 1.165) is 20.8 Å². The van der Waals surface area contributed by atoms with Gasteiger partial charge in [0.1, 0.15) is 0 Å². The molecule has 2 N–H and O–H groups in total. The van der Waals surface area contributed by atoms with E-state index in [4.69, 9.17) is 5.73 Å². The molecule has 2 rings (SSSR count). The standard InChI is InChI=1S/C14H14BrNS/c1-10-5-6-13(16)14(7-10)17-9-11-3-2-4-12(15)8-11/h2-8H,9,16H2,1H3. The molecule has 0 radical (unpaired) electrons. The second-order valence-electron chi connectivity index (χ2n) is 3.96. The molecule has 2 aromatic carbocycles. The van der Waals surface area contributed by atoms with Crippen LogP contribution in [0.2, 0.25) is 0 Å². The maximum Gasteiger partial charge on any atom is 0.0452 e. The third-order valence-electron chi connectivity index (χ3n) is 2.45. The number of nitrogen functional groups attached to an aromatic ring is 1. The van der Waals surface area contributed by atoms with Crippen molar-refractivity contribution in [2.75, 3.05) is 5.73 Å². The minimum atomic E-state index is 0.857. The highest BCUT2D eigenvalue weighted by molar-refractivity contribution is 9.10. The van der Waals surface area contributed by atoms with Crippen molar-refractivity contribution in [1.82, 2.24) is 0 Å². The zero-order chi connectivity index (χ0) is 12.3. The molecule has 0 amide bonds. The van der Waals surface area contributed by atoms with Crippen molar-refractivity contribution in [1.29, 1.82) is 0 Å². The summed E-state index contributed by atoms with van der Waals surface area (Å²) in [4.78, 5) is 1.16. The Morgan fingerprint density at radius 3 is 2.76 bits per heavy atom. The fraction of sp³-hybridized carbons (Fsp3) is 0.143. The number of nitrogens with two attached hydrogens (primary N) is 1. The topological polar surface area (TPSA) is 26.0 Å². The van der Waals surface area contributed by atoms with E-state index in [1.54, 1.807) is 11.8 Å². The highest BCUT2D eigenvalue weighted by Crippen LogP contribution is 2.29. The van der Waals surface area contributed by atoms with Gasteiger partial charge in [-0.25, -0.2) is 0 Å². The predicted octanol–water partition coefficient (Wildman–Crippen LogP) is 4.63. The summed E-state index contributed by atoms with van der Waals surface area (Å²) in [7, 11) is 0. The van der Waals surface area contributed by atoms with Gasteiger partial charge in [-0.05, 0) is 42.3 Å². The second kappa shape index (κ2) is 5.61. The maximum absolute atomic E-state index is 5.95. The Hall–Kier alpha value is -0.930. The lowest BCUT2D eigenvalue weighted by Crippen LogP contribution is -1.89. The van der Waals surface area contributed by atoms with Crippen LogP contribution in [0.4, 0.5) is 5.69 Å². The molecule has 0 fully saturated rings. The van der Waals surface area contributed by atoms with Crippen molar-refractivity contribution in [3.63, 3.8) is 0 Å². The molecule has 0 saturated heterocycles. The van der Waals surface area contributed by atoms with Crippen LogP contribution in [-0.2, 0) is 5.75 Å². The summed E-state index contributed by atoms with van der Waals surface area (Å²) in [6, 6.07) is 14.5. The highest BCUT2D eigenvalue weighted by Gasteiger charge is 2.01. The summed E-state index contributed by atoms with van der Waals surface area (Å²) >= 11 is 5.26. The van der Waals surface area contributed by atoms with Crippen molar-refractivity contribution in [2.45, 2.75) is 17.6 Å². The molecular weight excluding hydrogens is 294 g/mol. The smallest absolute Gasteiger partial charge is 0.0452 e. The van der Waals surface area contributed by atoms with Crippen LogP contribution in [0.15, 0.2) is 51.8 Å². The Bertz CT molecular complexity index is 525. The van der Waals surface area contributed by atoms with E-state index in [2.05, 4.69) is 47.1 Å². The Balaban J connectivity index is 2.09. The van der Waals surface area contributed by atoms with Gasteiger partial charge in [-0.15, -0.1) is 11.8 Å². The van der Waals surface area contributed by atoms with E-state index in [9.17, 15) is 0 Å². The zero-order valence-corrected chi connectivity index (χ0v) is 12.0. The number of rotatable bonds is 3. The van der Waals surface area contributed by atoms with Crippen LogP contribution >= 0.6 is 27.7 Å². The third-order valence-corrected chi connectivity index (χ3v) is 4.09. The molecule has 88 valence electrons. The molecule has 0 spiro atoms. The number of hydrogen-bond acceptors (Lipinski definition) is 2. The molecule has 1 nitrogen and oxygen atoms in total. The van der Waals surface area contributed by atoms with E-state index in [1.165, 1.54) is 11.1 Å². The van der Waals surface area contributed by atoms with Gasteiger partial charge >= 0.3 is 0 Å². The minimum Gasteiger partial charge on any atom is -0.398 e. The molecule has 0 bridgehead atoms. The lowest BCUT2D eigenvalue weighted by molar-refractivity contribution is 1.34. The van der Waals surface area contributed by atoms with E-state index in [-0.39, 0.29) is 0 Å². The number of halogens is 1. The first-order chi connectivity index (χ1) is 8.15. The third kappa shape index (κ3) is 3.51. The van der Waals surface area contributed by atoms with E-state index >= 15 is 0 Å². The van der Waals surface area contributed by atoms with Crippen LogP contribution in [0.1, 0.15) is 11.1 Å². The van der Waals surface area contributed by atoms with Gasteiger partial charge in [-0.2, -0.15) is 0 Å². The fourth-order valence-corrected chi connectivity index (χ4v) is 3.01. The van der Waals surface area contributed by atoms with Gasteiger partial charge in [-0.1, -0.05) is 34.1 Å². The first kappa shape index (κ1) is 12.5. The lowest BCUT2D eigenvalue weighted by Gasteiger charge is -2.07. The molecule has 0 heterocycles. The predicted molar refractivity (Wildman–Crippen MR) is 79.3 cm³/mol. The molecule has 0 aliphatic rings. The average Bonchev–Trinajstić information content (AvgIpc) is 2.30. The molecule has 0 unspecified atom stereocenters. The van der Waals surface area contributed by atoms with E-state index in [1.807, 2.05) is 18.2 Å². The van der Waals surface area contributed by atoms with Crippen LogP contribution in [0.3, 0.4) is 0 Å². The number of hydrogen-bond donors (Lipinski definition) is 1. The minimum absolute atomic E-state index is 0.857. The molecule has 17 heavy (non-hydrogen) atoms. The molecule has 0 aromatic heterocycles. The van der Waals surface area contributed by atoms with Crippen molar-refractivity contribution in [2.24, 2.45) is 0 Å². The number of benzene rings is 2. The Morgan fingerprint density at radius 1 is 1.18 bits per heavy atom. The van der Waals surface area contributed by atoms with Crippen LogP contribution in [0.5, 0.6) is 0 Å². The van der Waals surface area contributed by atoms with Gasteiger partial charge in [0.15, 0.2) is 0 Å². The van der Waals surface area contributed by atoms with E-state index in [0.29, 0.717) is 0 Å². The monoisotopic (exact) mass is 307 g/mol. The van der Waals surface area contributed by atoms with Gasteiger partial charge in [0.25, 0.3) is 0 Å². The SMILES string of the molecule is Cc1ccc(N)c(SCc2cccc(Br)c2)c1. The normalized spacial score (nSPS) is 10.5. The Labute approximate surface area is 115 Å². The summed E-state index contributed by atoms with van der Waals surface area (Å²) in [5.41, 5.74) is 9.35. The van der Waals surface area contributed by atoms with Gasteiger partial charge < -0.3 is 5.73 Å². The van der Waals surface area contributed by atoms with Gasteiger partial charge in [0.05, 0.1) is 0 Å². The van der Waals surface area contributed by atoms with Crippen LogP contribution in [0.25, 0.3) is 0 Å². The van der Waals surface area contributed by atoms with Gasteiger partial charge in [0.2, 0.25) is 0 Å². The summed E-state index contributed by atoms with van der Waals surface area (Å²) in [5.74, 6) is 0.938. The van der Waals surface area contributed by atoms with E-state index < -0.39 is 0 Å². The quantitative estimate of drug-likeness (QED) is 0.661. The van der Waals surface area contributed by atoms with Crippen molar-refractivity contribution < 1.29 is 0 Å². The summed E-state index contributed by atoms with van der Waals surface area (Å²) in [6.45, 7) is 2.09. The largest absolute Gasteiger partial charge is 0.398 e. The van der Waals surface area contributed by atoms with Crippen LogP contribution in [-0.4, -0.2) is 0 Å². The average molecular weight is 308 g/mol. The summed E-state index contributed by atoms with van der Waals surface area (Å²) in [5, 5.41) is 0. The summed E-state index contributed by atoms with van der Waals surface area (Å²) in [6.07, 6.45) is 0. The number of aryl methyl sites for hydroxylation is 1. The number of anilines is 1. The highest BCUT2D eigenvalue weighted by atomic mass is 79.9. The molecular formula is C14H14BrNS. The molecule has 0 atom stereocenters. The van der Waals surface area contributed by atoms with Crippen molar-refractivity contribution in [3.8, 4) is 0 Å². The first-order valence-electron chi connectivity index (χ1n) is 5.38. The molecule has 3 heteroatoms. The van der Waals surface area contributed by atoms with Crippen LogP contribution < -0.4 is 5.73 Å². The lowest BCUT2D eigenvalue weighted by atomic mass is 10.2. The molecule has 0 aliphatic heterocycles. The van der Waals surface area contributed by atoms with Gasteiger partial charge in [-0.3, -0.25) is 0 Å². The summed E-state index contributed by atoms with van der Waals surface area (Å²) < 4.78 is 1.12. The Kier molecular flexibility index (Phi) is 4.13. The van der Waals surface area contributed by atoms with Gasteiger partial charge in [0, 0.05) is 20.8 Å². The molecule has 0 saturated carbocycles.